The van der Waals surface area contributed by atoms with Crippen LogP contribution >= 0.6 is 0 Å². The molecule has 0 unspecified atom stereocenters. The predicted octanol–water partition coefficient (Wildman–Crippen LogP) is 1.78. The summed E-state index contributed by atoms with van der Waals surface area (Å²) >= 11 is 0. The van der Waals surface area contributed by atoms with Crippen LogP contribution in [0, 0.1) is 0 Å². The molecule has 7 heteroatoms. The van der Waals surface area contributed by atoms with Crippen molar-refractivity contribution in [3.63, 3.8) is 0 Å². The monoisotopic (exact) mass is 380 g/mol. The third kappa shape index (κ3) is 3.98. The molecule has 2 amide bonds. The van der Waals surface area contributed by atoms with Gasteiger partial charge < -0.3 is 14.5 Å². The number of ether oxygens (including phenoxy) is 1. The van der Waals surface area contributed by atoms with E-state index in [0.717, 1.165) is 29.9 Å². The van der Waals surface area contributed by atoms with Gasteiger partial charge in [0.25, 0.3) is 5.91 Å². The van der Waals surface area contributed by atoms with Crippen LogP contribution in [0.2, 0.25) is 0 Å². The lowest BCUT2D eigenvalue weighted by Gasteiger charge is -2.27. The number of fused-ring (bicyclic) bond motifs is 1. The molecule has 1 atom stereocenters. The Morgan fingerprint density at radius 1 is 1.18 bits per heavy atom. The van der Waals surface area contributed by atoms with Crippen molar-refractivity contribution in [3.05, 3.63) is 53.6 Å². The van der Waals surface area contributed by atoms with E-state index in [-0.39, 0.29) is 24.3 Å². The number of hydrogen-bond donors (Lipinski definition) is 0. The van der Waals surface area contributed by atoms with Crippen molar-refractivity contribution in [2.24, 2.45) is 0 Å². The SMILES string of the molecule is CC(=O)N1CCc2nc([C@@H]3CCN(C(=O)COc4ccccc4)C3)ncc2C1. The molecule has 0 spiro atoms. The molecule has 0 bridgehead atoms. The normalized spacial score (nSPS) is 18.7. The van der Waals surface area contributed by atoms with Gasteiger partial charge in [0.1, 0.15) is 11.6 Å². The van der Waals surface area contributed by atoms with Crippen molar-refractivity contribution in [2.75, 3.05) is 26.2 Å². The van der Waals surface area contributed by atoms with Crippen LogP contribution in [-0.4, -0.2) is 57.8 Å². The third-order valence-corrected chi connectivity index (χ3v) is 5.41. The first kappa shape index (κ1) is 18.4. The summed E-state index contributed by atoms with van der Waals surface area (Å²) in [5, 5.41) is 0. The zero-order chi connectivity index (χ0) is 19.5. The molecule has 146 valence electrons. The minimum atomic E-state index is -0.0126. The maximum absolute atomic E-state index is 12.5. The number of para-hydroxylation sites is 1. The maximum atomic E-state index is 12.5. The van der Waals surface area contributed by atoms with E-state index in [9.17, 15) is 9.59 Å². The first-order chi connectivity index (χ1) is 13.6. The second-order valence-electron chi connectivity index (χ2n) is 7.32. The molecule has 4 rings (SSSR count). The van der Waals surface area contributed by atoms with Crippen LogP contribution < -0.4 is 4.74 Å². The van der Waals surface area contributed by atoms with Crippen molar-refractivity contribution < 1.29 is 14.3 Å². The van der Waals surface area contributed by atoms with Crippen LogP contribution in [0.5, 0.6) is 5.75 Å². The summed E-state index contributed by atoms with van der Waals surface area (Å²) < 4.78 is 5.57. The number of carbonyl (C=O) groups excluding carboxylic acids is 2. The standard InChI is InChI=1S/C21H24N4O3/c1-15(26)24-10-8-19-17(13-24)11-22-21(23-19)16-7-9-25(12-16)20(27)14-28-18-5-3-2-4-6-18/h2-6,11,16H,7-10,12-14H2,1H3/t16-/m1/s1. The number of rotatable bonds is 4. The molecule has 7 nitrogen and oxygen atoms in total. The Morgan fingerprint density at radius 3 is 2.79 bits per heavy atom. The molecule has 0 aliphatic carbocycles. The molecule has 3 heterocycles. The molecule has 1 aromatic heterocycles. The highest BCUT2D eigenvalue weighted by Crippen LogP contribution is 2.26. The van der Waals surface area contributed by atoms with Crippen LogP contribution in [0.25, 0.3) is 0 Å². The summed E-state index contributed by atoms with van der Waals surface area (Å²) in [6.07, 6.45) is 3.45. The Bertz CT molecular complexity index is 871. The topological polar surface area (TPSA) is 75.6 Å². The molecule has 1 aromatic carbocycles. The number of carbonyl (C=O) groups is 2. The Balaban J connectivity index is 1.35. The molecule has 28 heavy (non-hydrogen) atoms. The molecule has 0 radical (unpaired) electrons. The van der Waals surface area contributed by atoms with Crippen molar-refractivity contribution in [1.29, 1.82) is 0 Å². The van der Waals surface area contributed by atoms with E-state index >= 15 is 0 Å². The number of aromatic nitrogens is 2. The molecular weight excluding hydrogens is 356 g/mol. The first-order valence-electron chi connectivity index (χ1n) is 9.66. The predicted molar refractivity (Wildman–Crippen MR) is 103 cm³/mol. The number of likely N-dealkylation sites (tertiary alicyclic amines) is 1. The largest absolute Gasteiger partial charge is 0.484 e. The smallest absolute Gasteiger partial charge is 0.260 e. The van der Waals surface area contributed by atoms with E-state index in [0.29, 0.717) is 31.9 Å². The van der Waals surface area contributed by atoms with Crippen LogP contribution in [0.1, 0.15) is 36.3 Å². The summed E-state index contributed by atoms with van der Waals surface area (Å²) in [5.41, 5.74) is 2.05. The Morgan fingerprint density at radius 2 is 2.00 bits per heavy atom. The van der Waals surface area contributed by atoms with Crippen molar-refractivity contribution in [3.8, 4) is 5.75 Å². The molecule has 2 aliphatic heterocycles. The number of amides is 2. The fraction of sp³-hybridized carbons (Fsp3) is 0.429. The summed E-state index contributed by atoms with van der Waals surface area (Å²) in [7, 11) is 0. The lowest BCUT2D eigenvalue weighted by atomic mass is 10.0. The molecule has 0 N–H and O–H groups in total. The van der Waals surface area contributed by atoms with Crippen molar-refractivity contribution >= 4 is 11.8 Å². The van der Waals surface area contributed by atoms with Crippen LogP contribution in [0.4, 0.5) is 0 Å². The van der Waals surface area contributed by atoms with Crippen molar-refractivity contribution in [2.45, 2.75) is 32.2 Å². The van der Waals surface area contributed by atoms with E-state index in [1.165, 1.54) is 0 Å². The van der Waals surface area contributed by atoms with Crippen LogP contribution in [0.15, 0.2) is 36.5 Å². The first-order valence-corrected chi connectivity index (χ1v) is 9.66. The van der Waals surface area contributed by atoms with E-state index < -0.39 is 0 Å². The Labute approximate surface area is 164 Å². The van der Waals surface area contributed by atoms with Gasteiger partial charge in [-0.1, -0.05) is 18.2 Å². The minimum Gasteiger partial charge on any atom is -0.484 e. The highest BCUT2D eigenvalue weighted by molar-refractivity contribution is 5.78. The molecule has 0 saturated carbocycles. The number of nitrogens with zero attached hydrogens (tertiary/aromatic N) is 4. The van der Waals surface area contributed by atoms with Gasteiger partial charge in [0.15, 0.2) is 6.61 Å². The minimum absolute atomic E-state index is 0.0126. The van der Waals surface area contributed by atoms with Crippen molar-refractivity contribution in [1.82, 2.24) is 19.8 Å². The van der Waals surface area contributed by atoms with Gasteiger partial charge in [-0.05, 0) is 18.6 Å². The van der Waals surface area contributed by atoms with Gasteiger partial charge in [-0.25, -0.2) is 9.97 Å². The average Bonchev–Trinajstić information content (AvgIpc) is 3.22. The second-order valence-corrected chi connectivity index (χ2v) is 7.32. The van der Waals surface area contributed by atoms with Gasteiger partial charge in [-0.15, -0.1) is 0 Å². The molecule has 1 fully saturated rings. The number of benzene rings is 1. The second kappa shape index (κ2) is 7.96. The van der Waals surface area contributed by atoms with E-state index in [2.05, 4.69) is 4.98 Å². The van der Waals surface area contributed by atoms with Gasteiger partial charge in [0.05, 0.1) is 5.69 Å². The van der Waals surface area contributed by atoms with E-state index in [4.69, 9.17) is 9.72 Å². The maximum Gasteiger partial charge on any atom is 0.260 e. The average molecular weight is 380 g/mol. The lowest BCUT2D eigenvalue weighted by molar-refractivity contribution is -0.132. The zero-order valence-electron chi connectivity index (χ0n) is 16.0. The van der Waals surface area contributed by atoms with E-state index in [1.807, 2.05) is 46.3 Å². The fourth-order valence-electron chi connectivity index (χ4n) is 3.75. The number of hydrogen-bond acceptors (Lipinski definition) is 5. The molecule has 1 saturated heterocycles. The van der Waals surface area contributed by atoms with Crippen LogP contribution in [-0.2, 0) is 22.6 Å². The quantitative estimate of drug-likeness (QED) is 0.808. The van der Waals surface area contributed by atoms with Crippen LogP contribution in [0.3, 0.4) is 0 Å². The summed E-state index contributed by atoms with van der Waals surface area (Å²) in [4.78, 5) is 37.0. The highest BCUT2D eigenvalue weighted by Gasteiger charge is 2.30. The Hall–Kier alpha value is -2.96. The summed E-state index contributed by atoms with van der Waals surface area (Å²) in [5.74, 6) is 1.72. The highest BCUT2D eigenvalue weighted by atomic mass is 16.5. The molecule has 2 aliphatic rings. The van der Waals surface area contributed by atoms with Gasteiger partial charge in [0, 0.05) is 57.2 Å². The summed E-state index contributed by atoms with van der Waals surface area (Å²) in [6, 6.07) is 9.36. The summed E-state index contributed by atoms with van der Waals surface area (Å²) in [6.45, 7) is 4.23. The van der Waals surface area contributed by atoms with E-state index in [1.54, 1.807) is 6.92 Å². The van der Waals surface area contributed by atoms with Gasteiger partial charge in [0.2, 0.25) is 5.91 Å². The third-order valence-electron chi connectivity index (χ3n) is 5.41. The molecular formula is C21H24N4O3. The Kier molecular flexibility index (Phi) is 5.23. The molecule has 2 aromatic rings. The van der Waals surface area contributed by atoms with Gasteiger partial charge in [-0.3, -0.25) is 9.59 Å². The lowest BCUT2D eigenvalue weighted by Crippen LogP contribution is -2.35. The zero-order valence-corrected chi connectivity index (χ0v) is 16.0. The van der Waals surface area contributed by atoms with Gasteiger partial charge in [-0.2, -0.15) is 0 Å². The van der Waals surface area contributed by atoms with Gasteiger partial charge >= 0.3 is 0 Å². The fourth-order valence-corrected chi connectivity index (χ4v) is 3.75.